The summed E-state index contributed by atoms with van der Waals surface area (Å²) >= 11 is 6.71. The van der Waals surface area contributed by atoms with Gasteiger partial charge in [-0.2, -0.15) is 5.10 Å². The number of alkyl halides is 1. The Bertz CT molecular complexity index is 1090. The van der Waals surface area contributed by atoms with Gasteiger partial charge in [-0.15, -0.1) is 11.6 Å². The number of halogens is 1. The number of hydrogen-bond acceptors (Lipinski definition) is 7. The van der Waals surface area contributed by atoms with Crippen molar-refractivity contribution in [1.82, 2.24) is 14.8 Å². The number of anilines is 4. The Kier molecular flexibility index (Phi) is 9.99. The minimum atomic E-state index is -0.692. The summed E-state index contributed by atoms with van der Waals surface area (Å²) in [5, 5.41) is 21.2. The van der Waals surface area contributed by atoms with E-state index in [9.17, 15) is 9.90 Å². The maximum Gasteiger partial charge on any atom is 0.263 e. The Balaban J connectivity index is 1.43. The van der Waals surface area contributed by atoms with Crippen molar-refractivity contribution >= 4 is 40.5 Å². The van der Waals surface area contributed by atoms with Crippen molar-refractivity contribution in [3.8, 4) is 0 Å². The van der Waals surface area contributed by atoms with Crippen molar-refractivity contribution in [2.45, 2.75) is 102 Å². The molecule has 1 saturated heterocycles. The van der Waals surface area contributed by atoms with Crippen LogP contribution in [0.15, 0.2) is 18.5 Å². The second kappa shape index (κ2) is 13.2. The summed E-state index contributed by atoms with van der Waals surface area (Å²) in [4.78, 5) is 20.1. The van der Waals surface area contributed by atoms with Gasteiger partial charge < -0.3 is 26.4 Å². The smallest absolute Gasteiger partial charge is 0.263 e. The highest BCUT2D eigenvalue weighted by molar-refractivity contribution is 6.21. The van der Waals surface area contributed by atoms with Crippen LogP contribution in [0, 0.1) is 5.92 Å². The molecule has 0 radical (unpaired) electrons. The van der Waals surface area contributed by atoms with Crippen molar-refractivity contribution in [2.75, 3.05) is 40.9 Å². The van der Waals surface area contributed by atoms with E-state index in [1.807, 2.05) is 24.6 Å². The minimum absolute atomic E-state index is 0.00608. The highest BCUT2D eigenvalue weighted by atomic mass is 35.5. The highest BCUT2D eigenvalue weighted by Crippen LogP contribution is 2.37. The third-order valence-electron chi connectivity index (χ3n) is 8.35. The molecule has 2 aromatic rings. The molecule has 1 amide bonds. The first-order valence-corrected chi connectivity index (χ1v) is 15.1. The lowest BCUT2D eigenvalue weighted by atomic mass is 9.83. The Morgan fingerprint density at radius 3 is 2.59 bits per heavy atom. The fourth-order valence-electron chi connectivity index (χ4n) is 5.95. The summed E-state index contributed by atoms with van der Waals surface area (Å²) in [5.74, 6) is 0.760. The number of nitrogens with two attached hydrogens (primary N) is 1. The van der Waals surface area contributed by atoms with E-state index in [0.717, 1.165) is 44.5 Å². The molecule has 0 bridgehead atoms. The van der Waals surface area contributed by atoms with E-state index < -0.39 is 5.60 Å². The predicted molar refractivity (Wildman–Crippen MR) is 160 cm³/mol. The quantitative estimate of drug-likeness (QED) is 0.191. The second-order valence-corrected chi connectivity index (χ2v) is 12.3. The molecule has 2 aliphatic heterocycles. The molecule has 0 aliphatic carbocycles. The first kappa shape index (κ1) is 29.5. The molecule has 2 aromatic heterocycles. The zero-order chi connectivity index (χ0) is 28.0. The van der Waals surface area contributed by atoms with Gasteiger partial charge in [0.1, 0.15) is 11.4 Å². The van der Waals surface area contributed by atoms with Crippen LogP contribution < -0.4 is 21.3 Å². The molecule has 2 unspecified atom stereocenters. The summed E-state index contributed by atoms with van der Waals surface area (Å²) < 4.78 is 1.83. The van der Waals surface area contributed by atoms with E-state index in [2.05, 4.69) is 32.5 Å². The van der Waals surface area contributed by atoms with Crippen LogP contribution in [0.3, 0.4) is 0 Å². The van der Waals surface area contributed by atoms with Crippen LogP contribution in [-0.2, 0) is 0 Å². The number of carbonyl (C=O) groups excluding carboxylic acids is 1. The van der Waals surface area contributed by atoms with Gasteiger partial charge in [0.2, 0.25) is 0 Å². The summed E-state index contributed by atoms with van der Waals surface area (Å²) in [6, 6.07) is 1.92. The summed E-state index contributed by atoms with van der Waals surface area (Å²) in [5.41, 5.74) is 7.52. The number of amides is 1. The van der Waals surface area contributed by atoms with E-state index in [1.165, 1.54) is 38.5 Å². The van der Waals surface area contributed by atoms with Gasteiger partial charge in [0, 0.05) is 25.8 Å². The maximum atomic E-state index is 13.6. The normalized spacial score (nSPS) is 20.0. The van der Waals surface area contributed by atoms with E-state index >= 15 is 0 Å². The SMILES string of the molecule is CCCCCCCCCC1C(Cl)CNc2c(C(=O)Nc3cnccc3N3CCC(C(C)(C)O)CC3)c(N)nn21. The molecule has 0 saturated carbocycles. The average molecular weight is 560 g/mol. The Morgan fingerprint density at radius 1 is 1.21 bits per heavy atom. The first-order chi connectivity index (χ1) is 18.7. The van der Waals surface area contributed by atoms with Crippen molar-refractivity contribution in [1.29, 1.82) is 0 Å². The average Bonchev–Trinajstić information content (AvgIpc) is 3.25. The number of piperidine rings is 1. The van der Waals surface area contributed by atoms with Gasteiger partial charge in [-0.05, 0) is 45.1 Å². The zero-order valence-corrected chi connectivity index (χ0v) is 24.5. The highest BCUT2D eigenvalue weighted by Gasteiger charge is 2.35. The Hall–Kier alpha value is -2.52. The van der Waals surface area contributed by atoms with Gasteiger partial charge in [0.05, 0.1) is 34.6 Å². The van der Waals surface area contributed by atoms with Crippen LogP contribution in [0.4, 0.5) is 23.0 Å². The van der Waals surface area contributed by atoms with Crippen LogP contribution in [0.1, 0.15) is 101 Å². The number of pyridine rings is 1. The van der Waals surface area contributed by atoms with Gasteiger partial charge in [-0.1, -0.05) is 51.9 Å². The Morgan fingerprint density at radius 2 is 1.90 bits per heavy atom. The number of aromatic nitrogens is 3. The molecule has 216 valence electrons. The minimum Gasteiger partial charge on any atom is -0.390 e. The summed E-state index contributed by atoms with van der Waals surface area (Å²) in [7, 11) is 0. The lowest BCUT2D eigenvalue weighted by Crippen LogP contribution is -2.42. The largest absolute Gasteiger partial charge is 0.390 e. The molecule has 4 heterocycles. The number of nitrogens with one attached hydrogen (secondary N) is 2. The number of nitrogen functional groups attached to an aromatic ring is 1. The molecule has 2 aliphatic rings. The van der Waals surface area contributed by atoms with Crippen LogP contribution >= 0.6 is 11.6 Å². The zero-order valence-electron chi connectivity index (χ0n) is 23.8. The van der Waals surface area contributed by atoms with Gasteiger partial charge in [0.15, 0.2) is 5.82 Å². The van der Waals surface area contributed by atoms with Gasteiger partial charge in [-0.25, -0.2) is 4.68 Å². The third kappa shape index (κ3) is 7.17. The molecule has 39 heavy (non-hydrogen) atoms. The van der Waals surface area contributed by atoms with Crippen molar-refractivity contribution in [3.63, 3.8) is 0 Å². The van der Waals surface area contributed by atoms with E-state index in [1.54, 1.807) is 12.4 Å². The van der Waals surface area contributed by atoms with E-state index in [4.69, 9.17) is 17.3 Å². The van der Waals surface area contributed by atoms with Crippen molar-refractivity contribution < 1.29 is 9.90 Å². The monoisotopic (exact) mass is 559 g/mol. The third-order valence-corrected chi connectivity index (χ3v) is 8.79. The molecule has 5 N–H and O–H groups in total. The summed E-state index contributed by atoms with van der Waals surface area (Å²) in [6.45, 7) is 8.14. The molecule has 9 nitrogen and oxygen atoms in total. The fraction of sp³-hybridized carbons (Fsp3) is 0.690. The van der Waals surface area contributed by atoms with Gasteiger partial charge in [-0.3, -0.25) is 9.78 Å². The number of fused-ring (bicyclic) bond motifs is 1. The van der Waals surface area contributed by atoms with Gasteiger partial charge >= 0.3 is 0 Å². The number of hydrogen-bond donors (Lipinski definition) is 4. The van der Waals surface area contributed by atoms with Crippen LogP contribution in [0.5, 0.6) is 0 Å². The lowest BCUT2D eigenvalue weighted by molar-refractivity contribution is 0.00652. The predicted octanol–water partition coefficient (Wildman–Crippen LogP) is 5.81. The topological polar surface area (TPSA) is 121 Å². The fourth-order valence-corrected chi connectivity index (χ4v) is 6.26. The molecular weight excluding hydrogens is 514 g/mol. The second-order valence-electron chi connectivity index (χ2n) is 11.7. The molecule has 0 aromatic carbocycles. The number of nitrogens with zero attached hydrogens (tertiary/aromatic N) is 4. The summed E-state index contributed by atoms with van der Waals surface area (Å²) in [6.07, 6.45) is 14.7. The number of unbranched alkanes of at least 4 members (excludes halogenated alkanes) is 6. The maximum absolute atomic E-state index is 13.6. The van der Waals surface area contributed by atoms with E-state index in [0.29, 0.717) is 23.6 Å². The molecule has 10 heteroatoms. The molecule has 4 rings (SSSR count). The number of carbonyl (C=O) groups is 1. The molecule has 1 fully saturated rings. The molecule has 2 atom stereocenters. The molecular formula is C29H46ClN7O2. The Labute approximate surface area is 237 Å². The van der Waals surface area contributed by atoms with Crippen LogP contribution in [0.25, 0.3) is 0 Å². The number of rotatable bonds is 12. The number of aliphatic hydroxyl groups is 1. The lowest BCUT2D eigenvalue weighted by Gasteiger charge is -2.39. The van der Waals surface area contributed by atoms with Crippen LogP contribution in [0.2, 0.25) is 0 Å². The van der Waals surface area contributed by atoms with E-state index in [-0.39, 0.29) is 29.1 Å². The van der Waals surface area contributed by atoms with Crippen molar-refractivity contribution in [3.05, 3.63) is 24.0 Å². The van der Waals surface area contributed by atoms with Gasteiger partial charge in [0.25, 0.3) is 5.91 Å². The first-order valence-electron chi connectivity index (χ1n) is 14.7. The molecule has 0 spiro atoms. The van der Waals surface area contributed by atoms with Crippen molar-refractivity contribution in [2.24, 2.45) is 5.92 Å². The standard InChI is InChI=1S/C29H46ClN7O2/c1-4-5-6-7-8-9-10-11-23-21(30)18-33-27-25(26(31)35-37(23)27)28(38)34-22-19-32-15-12-24(22)36-16-13-20(14-17-36)29(2,3)39/h12,15,19-21,23,33,39H,4-11,13-14,16-18H2,1-3H3,(H2,31,35)(H,34,38). The van der Waals surface area contributed by atoms with Crippen LogP contribution in [-0.4, -0.2) is 56.4 Å².